The molecule has 0 spiro atoms. The zero-order chi connectivity index (χ0) is 13.8. The number of hydrogen-bond acceptors (Lipinski definition) is 3. The zero-order valence-corrected chi connectivity index (χ0v) is 19.6. The zero-order valence-electron chi connectivity index (χ0n) is 11.7. The van der Waals surface area contributed by atoms with Crippen LogP contribution in [-0.4, -0.2) is 24.6 Å². The second-order valence-electron chi connectivity index (χ2n) is 3.94. The fourth-order valence-corrected chi connectivity index (χ4v) is 1.50. The van der Waals surface area contributed by atoms with Crippen molar-refractivity contribution in [1.82, 2.24) is 5.32 Å². The van der Waals surface area contributed by atoms with Crippen molar-refractivity contribution in [2.45, 2.75) is 45.9 Å². The Hall–Kier alpha value is 2.07. The SMILES string of the molecule is C.IC(I)I.O=C1CCNCC1.O=C1CC[CH-]CC1.[CH3-].[V+2]. The molecule has 0 amide bonds. The fraction of sp³-hybridized carbons (Fsp3) is 0.714. The summed E-state index contributed by atoms with van der Waals surface area (Å²) in [5, 5.41) is 3.09. The molecule has 2 fully saturated rings. The average Bonchev–Trinajstić information content (AvgIpc) is 2.31. The molecule has 21 heavy (non-hydrogen) atoms. The Morgan fingerprint density at radius 3 is 1.43 bits per heavy atom. The summed E-state index contributed by atoms with van der Waals surface area (Å²) in [7, 11) is 0. The van der Waals surface area contributed by atoms with E-state index in [1.54, 1.807) is 0 Å². The molecule has 125 valence electrons. The van der Waals surface area contributed by atoms with Gasteiger partial charge in [0, 0.05) is 25.9 Å². The molecule has 0 aromatic heterocycles. The van der Waals surface area contributed by atoms with Crippen molar-refractivity contribution in [3.63, 3.8) is 0 Å². The number of carbonyl (C=O) groups is 2. The van der Waals surface area contributed by atoms with E-state index in [2.05, 4.69) is 79.5 Å². The number of carbonyl (C=O) groups excluding carboxylic acids is 2. The van der Waals surface area contributed by atoms with Crippen LogP contribution in [0, 0.1) is 13.8 Å². The third-order valence-electron chi connectivity index (χ3n) is 2.42. The van der Waals surface area contributed by atoms with Crippen molar-refractivity contribution < 1.29 is 28.1 Å². The molecule has 1 heterocycles. The molecule has 1 radical (unpaired) electrons. The largest absolute Gasteiger partial charge is 2.00 e. The van der Waals surface area contributed by atoms with Gasteiger partial charge < -0.3 is 19.2 Å². The van der Waals surface area contributed by atoms with Crippen molar-refractivity contribution in [1.29, 1.82) is 0 Å². The minimum atomic E-state index is 0. The van der Waals surface area contributed by atoms with Crippen molar-refractivity contribution in [2.24, 2.45) is 0 Å². The number of rotatable bonds is 0. The van der Waals surface area contributed by atoms with Gasteiger partial charge in [-0.15, -0.1) is 0 Å². The van der Waals surface area contributed by atoms with Gasteiger partial charge in [-0.3, -0.25) is 9.59 Å². The molecule has 0 atom stereocenters. The van der Waals surface area contributed by atoms with Gasteiger partial charge in [-0.25, -0.2) is 0 Å². The summed E-state index contributed by atoms with van der Waals surface area (Å²) >= 11 is 6.95. The first-order valence-electron chi connectivity index (χ1n) is 6.00. The van der Waals surface area contributed by atoms with Gasteiger partial charge in [-0.1, -0.05) is 75.2 Å². The Labute approximate surface area is 183 Å². The normalized spacial score (nSPS) is 16.8. The molecule has 3 nitrogen and oxygen atoms in total. The van der Waals surface area contributed by atoms with Crippen molar-refractivity contribution >= 4 is 79.3 Å². The summed E-state index contributed by atoms with van der Waals surface area (Å²) in [6.07, 6.45) is 7.26. The molecule has 2 aliphatic rings. The average molecular weight is 672 g/mol. The summed E-state index contributed by atoms with van der Waals surface area (Å²) in [5.74, 6) is 0.834. The Morgan fingerprint density at radius 1 is 0.905 bits per heavy atom. The molecule has 2 rings (SSSR count). The van der Waals surface area contributed by atoms with Crippen LogP contribution in [0.1, 0.15) is 46.0 Å². The molecule has 7 heteroatoms. The molecule has 1 aliphatic carbocycles. The van der Waals surface area contributed by atoms with Crippen LogP contribution in [0.4, 0.5) is 0 Å². The van der Waals surface area contributed by atoms with Gasteiger partial charge in [0.1, 0.15) is 11.5 Å². The summed E-state index contributed by atoms with van der Waals surface area (Å²) in [5.41, 5.74) is 0. The monoisotopic (exact) mass is 672 g/mol. The van der Waals surface area contributed by atoms with Crippen LogP contribution < -0.4 is 5.32 Å². The third kappa shape index (κ3) is 27.2. The molecule has 1 aliphatic heterocycles. The Balaban J connectivity index is -0.0000001000. The van der Waals surface area contributed by atoms with E-state index >= 15 is 0 Å². The maximum absolute atomic E-state index is 10.4. The van der Waals surface area contributed by atoms with E-state index < -0.39 is 0 Å². The van der Waals surface area contributed by atoms with Gasteiger partial charge in [0.05, 0.1) is 0 Å². The Bertz CT molecular complexity index is 214. The van der Waals surface area contributed by atoms with E-state index in [0.717, 1.165) is 51.6 Å². The van der Waals surface area contributed by atoms with E-state index in [1.807, 2.05) is 0 Å². The molecule has 1 saturated carbocycles. The number of halogens is 3. The van der Waals surface area contributed by atoms with Gasteiger partial charge in [0.2, 0.25) is 0 Å². The molecule has 1 saturated heterocycles. The number of hydrogen-bond donors (Lipinski definition) is 1. The first-order chi connectivity index (χ1) is 8.52. The van der Waals surface area contributed by atoms with Gasteiger partial charge in [-0.05, 0) is 12.8 Å². The molecule has 0 aromatic rings. The second kappa shape index (κ2) is 22.1. The maximum Gasteiger partial charge on any atom is 2.00 e. The quantitative estimate of drug-likeness (QED) is 0.226. The molecule has 1 N–H and O–H groups in total. The van der Waals surface area contributed by atoms with E-state index in [0.29, 0.717) is 11.6 Å². The van der Waals surface area contributed by atoms with E-state index in [4.69, 9.17) is 0 Å². The van der Waals surface area contributed by atoms with E-state index in [1.165, 1.54) is 0 Å². The third-order valence-corrected chi connectivity index (χ3v) is 2.42. The first kappa shape index (κ1) is 30.9. The maximum atomic E-state index is 10.4. The number of piperidine rings is 1. The number of Topliss-reactive ketones (excluding diaryl/α,β-unsaturated/α-hetero) is 2. The van der Waals surface area contributed by atoms with Crippen LogP contribution in [0.15, 0.2) is 0 Å². The number of ketones is 2. The van der Waals surface area contributed by atoms with Gasteiger partial charge in [-0.2, -0.15) is 12.8 Å². The number of nitrogens with one attached hydrogen (secondary N) is 1. The molecular weight excluding hydrogens is 646 g/mol. The predicted octanol–water partition coefficient (Wildman–Crippen LogP) is 4.93. The molecule has 0 aromatic carbocycles. The topological polar surface area (TPSA) is 46.2 Å². The van der Waals surface area contributed by atoms with Crippen LogP contribution in [0.25, 0.3) is 0 Å². The van der Waals surface area contributed by atoms with E-state index in [9.17, 15) is 9.59 Å². The van der Waals surface area contributed by atoms with Crippen LogP contribution in [0.3, 0.4) is 0 Å². The standard InChI is InChI=1S/C6H9O.C5H9NO.CHI3.CH4.CH3.V/c7-6-4-2-1-3-5-6;7-5-1-3-6-4-2-5;2-1(3)4;;;/h1H,2-5H2;6H,1-4H2;1H;1H4;1H3;/q-1;;;;-1;+2. The van der Waals surface area contributed by atoms with Crippen molar-refractivity contribution in [3.8, 4) is 0 Å². The van der Waals surface area contributed by atoms with Crippen LogP contribution in [0.5, 0.6) is 0 Å². The van der Waals surface area contributed by atoms with Crippen LogP contribution in [0.2, 0.25) is 0 Å². The minimum Gasteiger partial charge on any atom is -0.358 e. The minimum absolute atomic E-state index is 0. The summed E-state index contributed by atoms with van der Waals surface area (Å²) < 4.78 is 0.743. The van der Waals surface area contributed by atoms with Gasteiger partial charge in [0.15, 0.2) is 0 Å². The van der Waals surface area contributed by atoms with Crippen LogP contribution in [-0.2, 0) is 28.1 Å². The predicted molar refractivity (Wildman–Crippen MR) is 114 cm³/mol. The molecule has 0 bridgehead atoms. The van der Waals surface area contributed by atoms with Crippen molar-refractivity contribution in [3.05, 3.63) is 13.8 Å². The van der Waals surface area contributed by atoms with Gasteiger partial charge >= 0.3 is 18.6 Å². The van der Waals surface area contributed by atoms with Crippen LogP contribution >= 0.6 is 67.8 Å². The first-order valence-corrected chi connectivity index (χ1v) is 9.74. The Kier molecular flexibility index (Phi) is 32.5. The number of alkyl halides is 3. The smallest absolute Gasteiger partial charge is 0.358 e. The second-order valence-corrected chi connectivity index (χ2v) is 14.8. The van der Waals surface area contributed by atoms with E-state index in [-0.39, 0.29) is 33.4 Å². The summed E-state index contributed by atoms with van der Waals surface area (Å²) in [6.45, 7) is 1.78. The van der Waals surface area contributed by atoms with Crippen molar-refractivity contribution in [2.75, 3.05) is 13.1 Å². The molecule has 0 unspecified atom stereocenters. The summed E-state index contributed by atoms with van der Waals surface area (Å²) in [4.78, 5) is 20.9. The molecular formula is C14H26I3NO2V. The fourth-order valence-electron chi connectivity index (χ4n) is 1.50. The Morgan fingerprint density at radius 2 is 1.24 bits per heavy atom. The van der Waals surface area contributed by atoms with Gasteiger partial charge in [0.25, 0.3) is 0 Å². The summed E-state index contributed by atoms with van der Waals surface area (Å²) in [6, 6.07) is 0.